The van der Waals surface area contributed by atoms with Gasteiger partial charge in [-0.3, -0.25) is 13.9 Å². The molecule has 1 atom stereocenters. The molecule has 1 N–H and O–H groups in total. The summed E-state index contributed by atoms with van der Waals surface area (Å²) in [5, 5.41) is 3.43. The molecule has 0 aliphatic heterocycles. The van der Waals surface area contributed by atoms with Crippen LogP contribution < -0.4 is 9.62 Å². The van der Waals surface area contributed by atoms with Crippen molar-refractivity contribution in [3.63, 3.8) is 0 Å². The van der Waals surface area contributed by atoms with Gasteiger partial charge in [0.25, 0.3) is 10.0 Å². The molecule has 0 fully saturated rings. The molecule has 10 heteroatoms. The van der Waals surface area contributed by atoms with E-state index < -0.39 is 34.4 Å². The van der Waals surface area contributed by atoms with Crippen LogP contribution in [0.1, 0.15) is 29.2 Å². The van der Waals surface area contributed by atoms with E-state index in [0.29, 0.717) is 27.7 Å². The van der Waals surface area contributed by atoms with Gasteiger partial charge in [-0.05, 0) is 60.4 Å². The summed E-state index contributed by atoms with van der Waals surface area (Å²) in [5.74, 6) is -0.962. The molecule has 0 heterocycles. The number of carbonyl (C=O) groups is 2. The highest BCUT2D eigenvalue weighted by atomic mass is 35.5. The van der Waals surface area contributed by atoms with Crippen LogP contribution in [0.5, 0.6) is 0 Å². The predicted molar refractivity (Wildman–Crippen MR) is 177 cm³/mol. The van der Waals surface area contributed by atoms with Crippen molar-refractivity contribution < 1.29 is 18.0 Å². The second-order valence-electron chi connectivity index (χ2n) is 10.4. The molecule has 0 aromatic heterocycles. The number of aryl methyl sites for hydroxylation is 2. The third-order valence-corrected chi connectivity index (χ3v) is 9.76. The molecule has 0 saturated heterocycles. The van der Waals surface area contributed by atoms with Crippen LogP contribution in [0.3, 0.4) is 0 Å². The van der Waals surface area contributed by atoms with Crippen LogP contribution >= 0.6 is 23.2 Å². The van der Waals surface area contributed by atoms with Crippen molar-refractivity contribution in [2.45, 2.75) is 44.2 Å². The van der Waals surface area contributed by atoms with E-state index in [1.807, 2.05) is 56.3 Å². The molecule has 0 saturated carbocycles. The van der Waals surface area contributed by atoms with Crippen LogP contribution in [0.25, 0.3) is 0 Å². The van der Waals surface area contributed by atoms with Crippen LogP contribution in [-0.4, -0.2) is 44.8 Å². The summed E-state index contributed by atoms with van der Waals surface area (Å²) in [6.07, 6.45) is 0.747. The number of nitrogens with zero attached hydrogens (tertiary/aromatic N) is 2. The maximum absolute atomic E-state index is 14.5. The minimum absolute atomic E-state index is 0.0480. The molecule has 0 unspecified atom stereocenters. The summed E-state index contributed by atoms with van der Waals surface area (Å²) in [6.45, 7) is 3.21. The third kappa shape index (κ3) is 7.80. The Balaban J connectivity index is 1.83. The maximum Gasteiger partial charge on any atom is 0.264 e. The zero-order chi connectivity index (χ0) is 31.9. The Labute approximate surface area is 269 Å². The van der Waals surface area contributed by atoms with Gasteiger partial charge in [-0.15, -0.1) is 0 Å². The quantitative estimate of drug-likeness (QED) is 0.191. The first kappa shape index (κ1) is 33.1. The lowest BCUT2D eigenvalue weighted by Gasteiger charge is -2.34. The highest BCUT2D eigenvalue weighted by molar-refractivity contribution is 7.92. The minimum atomic E-state index is -4.19. The number of hydrogen-bond donors (Lipinski definition) is 1. The summed E-state index contributed by atoms with van der Waals surface area (Å²) in [6, 6.07) is 26.9. The normalized spacial score (nSPS) is 11.9. The van der Waals surface area contributed by atoms with Gasteiger partial charge in [0.15, 0.2) is 0 Å². The summed E-state index contributed by atoms with van der Waals surface area (Å²) >= 11 is 12.7. The fourth-order valence-corrected chi connectivity index (χ4v) is 6.88. The molecule has 2 amide bonds. The van der Waals surface area contributed by atoms with E-state index in [2.05, 4.69) is 5.32 Å². The second-order valence-corrected chi connectivity index (χ2v) is 13.1. The number of carbonyl (C=O) groups excluding carboxylic acids is 2. The molecule has 4 aromatic carbocycles. The standard InChI is InChI=1S/C34H35Cl2N3O4S/c1-4-26-12-8-9-13-31(26)39(44(42,43)29-18-14-24(2)15-19-29)23-33(40)38(22-27-16-17-28(35)21-30(27)36)32(34(41)37-3)20-25-10-6-5-7-11-25/h5-19,21,32H,4,20,22-23H2,1-3H3,(H,37,41)/t32-/m0/s1. The van der Waals surface area contributed by atoms with Crippen molar-refractivity contribution in [1.29, 1.82) is 0 Å². The van der Waals surface area contributed by atoms with Gasteiger partial charge in [0, 0.05) is 30.1 Å². The van der Waals surface area contributed by atoms with Crippen molar-refractivity contribution >= 4 is 50.7 Å². The van der Waals surface area contributed by atoms with Crippen LogP contribution in [-0.2, 0) is 39.0 Å². The van der Waals surface area contributed by atoms with Gasteiger partial charge < -0.3 is 10.2 Å². The molecule has 0 aliphatic rings. The molecule has 4 aromatic rings. The van der Waals surface area contributed by atoms with Gasteiger partial charge >= 0.3 is 0 Å². The monoisotopic (exact) mass is 651 g/mol. The summed E-state index contributed by atoms with van der Waals surface area (Å²) in [7, 11) is -2.68. The molecular formula is C34H35Cl2N3O4S. The fraction of sp³-hybridized carbons (Fsp3) is 0.235. The van der Waals surface area contributed by atoms with Crippen molar-refractivity contribution in [1.82, 2.24) is 10.2 Å². The van der Waals surface area contributed by atoms with Gasteiger partial charge in [-0.2, -0.15) is 0 Å². The Morgan fingerprint density at radius 2 is 1.52 bits per heavy atom. The zero-order valence-electron chi connectivity index (χ0n) is 24.8. The average Bonchev–Trinajstić information content (AvgIpc) is 3.02. The Hall–Kier alpha value is -3.85. The van der Waals surface area contributed by atoms with Crippen LogP contribution in [0.2, 0.25) is 10.0 Å². The number of nitrogens with one attached hydrogen (secondary N) is 1. The Bertz CT molecular complexity index is 1710. The third-order valence-electron chi connectivity index (χ3n) is 7.40. The number of halogens is 2. The van der Waals surface area contributed by atoms with Crippen LogP contribution in [0.4, 0.5) is 5.69 Å². The zero-order valence-corrected chi connectivity index (χ0v) is 27.2. The van der Waals surface area contributed by atoms with Crippen molar-refractivity contribution in [2.75, 3.05) is 17.9 Å². The van der Waals surface area contributed by atoms with Gasteiger partial charge in [-0.1, -0.05) is 102 Å². The molecule has 4 rings (SSSR count). The average molecular weight is 653 g/mol. The summed E-state index contributed by atoms with van der Waals surface area (Å²) < 4.78 is 29.6. The first-order valence-electron chi connectivity index (χ1n) is 14.2. The molecule has 44 heavy (non-hydrogen) atoms. The number of sulfonamides is 1. The van der Waals surface area contributed by atoms with Crippen molar-refractivity contribution in [3.05, 3.63) is 129 Å². The number of amides is 2. The van der Waals surface area contributed by atoms with Crippen LogP contribution in [0, 0.1) is 6.92 Å². The van der Waals surface area contributed by atoms with Gasteiger partial charge in [0.2, 0.25) is 11.8 Å². The van der Waals surface area contributed by atoms with Gasteiger partial charge in [-0.25, -0.2) is 8.42 Å². The number of para-hydroxylation sites is 1. The topological polar surface area (TPSA) is 86.8 Å². The van der Waals surface area contributed by atoms with E-state index in [0.717, 1.165) is 21.0 Å². The molecule has 0 aliphatic carbocycles. The lowest BCUT2D eigenvalue weighted by atomic mass is 10.0. The van der Waals surface area contributed by atoms with Gasteiger partial charge in [0.05, 0.1) is 10.6 Å². The smallest absolute Gasteiger partial charge is 0.264 e. The first-order valence-corrected chi connectivity index (χ1v) is 16.4. The van der Waals surface area contributed by atoms with Crippen molar-refractivity contribution in [3.8, 4) is 0 Å². The van der Waals surface area contributed by atoms with E-state index >= 15 is 0 Å². The Morgan fingerprint density at radius 3 is 2.16 bits per heavy atom. The second kappa shape index (κ2) is 14.8. The number of benzene rings is 4. The Kier molecular flexibility index (Phi) is 11.1. The molecular weight excluding hydrogens is 617 g/mol. The van der Waals surface area contributed by atoms with E-state index in [4.69, 9.17) is 23.2 Å². The fourth-order valence-electron chi connectivity index (χ4n) is 4.96. The lowest BCUT2D eigenvalue weighted by molar-refractivity contribution is -0.139. The van der Waals surface area contributed by atoms with E-state index in [9.17, 15) is 18.0 Å². The van der Waals surface area contributed by atoms with Crippen LogP contribution in [0.15, 0.2) is 102 Å². The number of likely N-dealkylation sites (N-methyl/N-ethyl adjacent to an activating group) is 1. The maximum atomic E-state index is 14.5. The molecule has 7 nitrogen and oxygen atoms in total. The number of anilines is 1. The Morgan fingerprint density at radius 1 is 0.864 bits per heavy atom. The molecule has 0 spiro atoms. The van der Waals surface area contributed by atoms with Crippen molar-refractivity contribution in [2.24, 2.45) is 0 Å². The minimum Gasteiger partial charge on any atom is -0.357 e. The predicted octanol–water partition coefficient (Wildman–Crippen LogP) is 6.45. The van der Waals surface area contributed by atoms with Gasteiger partial charge in [0.1, 0.15) is 12.6 Å². The van der Waals surface area contributed by atoms with E-state index in [1.54, 1.807) is 42.5 Å². The highest BCUT2D eigenvalue weighted by Crippen LogP contribution is 2.29. The largest absolute Gasteiger partial charge is 0.357 e. The number of rotatable bonds is 12. The van der Waals surface area contributed by atoms with E-state index in [-0.39, 0.29) is 17.9 Å². The molecule has 230 valence electrons. The van der Waals surface area contributed by atoms with E-state index in [1.165, 1.54) is 24.1 Å². The lowest BCUT2D eigenvalue weighted by Crippen LogP contribution is -2.53. The summed E-state index contributed by atoms with van der Waals surface area (Å²) in [5.41, 5.74) is 3.46. The molecule has 0 radical (unpaired) electrons. The summed E-state index contributed by atoms with van der Waals surface area (Å²) in [4.78, 5) is 29.3. The SMILES string of the molecule is CCc1ccccc1N(CC(=O)N(Cc1ccc(Cl)cc1Cl)[C@@H](Cc1ccccc1)C(=O)NC)S(=O)(=O)c1ccc(C)cc1. The first-order chi connectivity index (χ1) is 21.0. The number of hydrogen-bond acceptors (Lipinski definition) is 4. The molecule has 0 bridgehead atoms. The highest BCUT2D eigenvalue weighted by Gasteiger charge is 2.35.